The Morgan fingerprint density at radius 3 is 2.59 bits per heavy atom. The highest BCUT2D eigenvalue weighted by atomic mass is 19.4. The van der Waals surface area contributed by atoms with E-state index in [1.54, 1.807) is 11.6 Å². The molecule has 0 N–H and O–H groups in total. The Morgan fingerprint density at radius 1 is 1.18 bits per heavy atom. The first-order chi connectivity index (χ1) is 16.1. The summed E-state index contributed by atoms with van der Waals surface area (Å²) >= 11 is 0. The predicted octanol–water partition coefficient (Wildman–Crippen LogP) is 2.82. The molecule has 1 saturated carbocycles. The van der Waals surface area contributed by atoms with Crippen LogP contribution in [0.4, 0.5) is 18.9 Å². The molecule has 34 heavy (non-hydrogen) atoms. The molecule has 1 aliphatic carbocycles. The molecule has 2 fully saturated rings. The Hall–Kier alpha value is -3.70. The van der Waals surface area contributed by atoms with Gasteiger partial charge in [-0.05, 0) is 30.2 Å². The van der Waals surface area contributed by atoms with Crippen molar-refractivity contribution in [3.05, 3.63) is 64.6 Å². The van der Waals surface area contributed by atoms with Gasteiger partial charge in [0.05, 0.1) is 11.9 Å². The molecule has 2 aliphatic rings. The van der Waals surface area contributed by atoms with Crippen LogP contribution in [0.25, 0.3) is 11.2 Å². The molecule has 0 spiro atoms. The van der Waals surface area contributed by atoms with Gasteiger partial charge in [-0.1, -0.05) is 12.1 Å². The van der Waals surface area contributed by atoms with Gasteiger partial charge in [0, 0.05) is 37.2 Å². The van der Waals surface area contributed by atoms with Crippen LogP contribution in [0.1, 0.15) is 30.1 Å². The lowest BCUT2D eigenvalue weighted by Crippen LogP contribution is -2.26. The summed E-state index contributed by atoms with van der Waals surface area (Å²) in [6.07, 6.45) is -1.39. The van der Waals surface area contributed by atoms with Gasteiger partial charge >= 0.3 is 6.18 Å². The van der Waals surface area contributed by atoms with E-state index in [1.165, 1.54) is 29.4 Å². The van der Waals surface area contributed by atoms with E-state index in [2.05, 4.69) is 31.9 Å². The van der Waals surface area contributed by atoms with E-state index < -0.39 is 11.7 Å². The Kier molecular flexibility index (Phi) is 4.24. The Labute approximate surface area is 190 Å². The highest BCUT2D eigenvalue weighted by molar-refractivity contribution is 5.68. The summed E-state index contributed by atoms with van der Waals surface area (Å²) in [5.41, 5.74) is 0.566. The van der Waals surface area contributed by atoms with Crippen LogP contribution in [-0.2, 0) is 19.8 Å². The molecule has 9 nitrogen and oxygen atoms in total. The third-order valence-corrected chi connectivity index (χ3v) is 7.13. The fourth-order valence-corrected chi connectivity index (χ4v) is 5.23. The normalized spacial score (nSPS) is 24.1. The maximum atomic E-state index is 12.8. The van der Waals surface area contributed by atoms with Crippen molar-refractivity contribution >= 4 is 16.9 Å². The first-order valence-electron chi connectivity index (χ1n) is 10.8. The van der Waals surface area contributed by atoms with E-state index in [4.69, 9.17) is 4.52 Å². The molecule has 1 aliphatic heterocycles. The zero-order chi connectivity index (χ0) is 23.8. The lowest BCUT2D eigenvalue weighted by atomic mass is 10.1. The fourth-order valence-electron chi connectivity index (χ4n) is 5.23. The maximum Gasteiger partial charge on any atom is 0.416 e. The molecule has 0 bridgehead atoms. The SMILES string of the molecule is Cn1cnc2ncn(Cc3nc([C@H]4[C@@H]5CN(c6ccc(C(F)(F)F)cc6)CC54C)no3)c(=O)c21. The van der Waals surface area contributed by atoms with E-state index in [0.29, 0.717) is 36.0 Å². The number of alkyl halides is 3. The standard InChI is InChI=1S/C22H20F3N7O2/c1-21-9-31(13-5-3-12(4-6-13)22(23,24)25)7-14(21)16(21)18-28-15(34-29-18)8-32-11-27-19-17(20(32)33)30(2)10-26-19/h3-6,10-11,14,16H,7-9H2,1-2H3/t14-,16+,21?/m0/s1. The molecule has 0 amide bonds. The van der Waals surface area contributed by atoms with Gasteiger partial charge in [0.1, 0.15) is 12.9 Å². The molecule has 3 atom stereocenters. The molecule has 6 rings (SSSR count). The maximum absolute atomic E-state index is 12.8. The summed E-state index contributed by atoms with van der Waals surface area (Å²) in [4.78, 5) is 27.6. The Morgan fingerprint density at radius 2 is 1.91 bits per heavy atom. The molecule has 12 heteroatoms. The summed E-state index contributed by atoms with van der Waals surface area (Å²) in [5.74, 6) is 1.28. The quantitative estimate of drug-likeness (QED) is 0.452. The Bertz CT molecular complexity index is 1460. The van der Waals surface area contributed by atoms with Crippen molar-refractivity contribution in [3.8, 4) is 0 Å². The molecule has 1 unspecified atom stereocenters. The van der Waals surface area contributed by atoms with Crippen LogP contribution in [0.5, 0.6) is 0 Å². The highest BCUT2D eigenvalue weighted by Gasteiger charge is 2.68. The number of piperidine rings is 1. The van der Waals surface area contributed by atoms with Crippen molar-refractivity contribution in [1.29, 1.82) is 0 Å². The zero-order valence-electron chi connectivity index (χ0n) is 18.3. The lowest BCUT2D eigenvalue weighted by Gasteiger charge is -2.24. The van der Waals surface area contributed by atoms with Gasteiger partial charge in [-0.2, -0.15) is 18.2 Å². The summed E-state index contributed by atoms with van der Waals surface area (Å²) in [6.45, 7) is 3.63. The molecule has 0 radical (unpaired) electrons. The number of nitrogens with zero attached hydrogens (tertiary/aromatic N) is 7. The van der Waals surface area contributed by atoms with Crippen LogP contribution >= 0.6 is 0 Å². The van der Waals surface area contributed by atoms with Crippen molar-refractivity contribution < 1.29 is 17.7 Å². The third-order valence-electron chi connectivity index (χ3n) is 7.13. The first kappa shape index (κ1) is 20.9. The fraction of sp³-hybridized carbons (Fsp3) is 0.409. The molecule has 176 valence electrons. The topological polar surface area (TPSA) is 94.9 Å². The smallest absolute Gasteiger partial charge is 0.371 e. The van der Waals surface area contributed by atoms with Gasteiger partial charge < -0.3 is 14.0 Å². The van der Waals surface area contributed by atoms with Crippen LogP contribution in [0.15, 0.2) is 46.2 Å². The summed E-state index contributed by atoms with van der Waals surface area (Å²) in [5, 5.41) is 4.16. The van der Waals surface area contributed by atoms with E-state index in [1.807, 2.05) is 0 Å². The minimum Gasteiger partial charge on any atom is -0.371 e. The van der Waals surface area contributed by atoms with Gasteiger partial charge in [0.25, 0.3) is 5.56 Å². The van der Waals surface area contributed by atoms with Gasteiger partial charge in [0.15, 0.2) is 17.0 Å². The van der Waals surface area contributed by atoms with Crippen molar-refractivity contribution in [2.24, 2.45) is 18.4 Å². The number of rotatable bonds is 4. The number of anilines is 1. The number of fused-ring (bicyclic) bond motifs is 2. The van der Waals surface area contributed by atoms with Crippen LogP contribution in [0, 0.1) is 11.3 Å². The molecule has 3 aromatic heterocycles. The number of halogens is 3. The minimum absolute atomic E-state index is 0.0874. The lowest BCUT2D eigenvalue weighted by molar-refractivity contribution is -0.137. The second-order valence-electron chi connectivity index (χ2n) is 9.27. The molecular formula is C22H20F3N7O2. The largest absolute Gasteiger partial charge is 0.416 e. The summed E-state index contributed by atoms with van der Waals surface area (Å²) in [6, 6.07) is 5.26. The van der Waals surface area contributed by atoms with Gasteiger partial charge in [0.2, 0.25) is 5.89 Å². The van der Waals surface area contributed by atoms with Crippen LogP contribution in [-0.4, -0.2) is 42.3 Å². The monoisotopic (exact) mass is 471 g/mol. The van der Waals surface area contributed by atoms with Gasteiger partial charge in [-0.15, -0.1) is 0 Å². The van der Waals surface area contributed by atoms with E-state index in [-0.39, 0.29) is 29.4 Å². The second-order valence-corrected chi connectivity index (χ2v) is 9.27. The predicted molar refractivity (Wildman–Crippen MR) is 114 cm³/mol. The number of hydrogen-bond donors (Lipinski definition) is 0. The first-order valence-corrected chi connectivity index (χ1v) is 10.8. The minimum atomic E-state index is -4.34. The van der Waals surface area contributed by atoms with Crippen molar-refractivity contribution in [1.82, 2.24) is 29.2 Å². The molecule has 1 aromatic carbocycles. The number of hydrogen-bond acceptors (Lipinski definition) is 7. The second kappa shape index (κ2) is 6.90. The van der Waals surface area contributed by atoms with E-state index in [9.17, 15) is 18.0 Å². The highest BCUT2D eigenvalue weighted by Crippen LogP contribution is 2.68. The summed E-state index contributed by atoms with van der Waals surface area (Å²) < 4.78 is 47.0. The molecule has 4 heterocycles. The van der Waals surface area contributed by atoms with E-state index >= 15 is 0 Å². The molecular weight excluding hydrogens is 451 g/mol. The number of imidazole rings is 1. The van der Waals surface area contributed by atoms with Crippen LogP contribution < -0.4 is 10.5 Å². The van der Waals surface area contributed by atoms with Crippen molar-refractivity contribution in [2.75, 3.05) is 18.0 Å². The van der Waals surface area contributed by atoms with Gasteiger partial charge in [-0.3, -0.25) is 9.36 Å². The average Bonchev–Trinajstić information content (AvgIpc) is 3.24. The summed E-state index contributed by atoms with van der Waals surface area (Å²) in [7, 11) is 1.73. The van der Waals surface area contributed by atoms with Crippen LogP contribution in [0.3, 0.4) is 0 Å². The van der Waals surface area contributed by atoms with Crippen LogP contribution in [0.2, 0.25) is 0 Å². The van der Waals surface area contributed by atoms with Gasteiger partial charge in [-0.25, -0.2) is 9.97 Å². The number of benzene rings is 1. The van der Waals surface area contributed by atoms with Crippen molar-refractivity contribution in [2.45, 2.75) is 25.6 Å². The molecule has 4 aromatic rings. The number of aryl methyl sites for hydroxylation is 1. The van der Waals surface area contributed by atoms with Crippen molar-refractivity contribution in [3.63, 3.8) is 0 Å². The Balaban J connectivity index is 1.16. The average molecular weight is 471 g/mol. The van der Waals surface area contributed by atoms with E-state index in [0.717, 1.165) is 17.8 Å². The molecule has 1 saturated heterocycles. The number of aromatic nitrogens is 6. The third kappa shape index (κ3) is 3.11. The zero-order valence-corrected chi connectivity index (χ0v) is 18.3.